The molecular formula is C22H39NO3Si. The number of benzene rings is 1. The van der Waals surface area contributed by atoms with Gasteiger partial charge in [0, 0.05) is 12.6 Å². The number of carbonyl (C=O) groups excluding carboxylic acids is 1. The number of nitrogens with one attached hydrogen (secondary N) is 1. The smallest absolute Gasteiger partial charge is 0.307 e. The lowest BCUT2D eigenvalue weighted by Crippen LogP contribution is -2.50. The fraction of sp³-hybridized carbons (Fsp3) is 0.682. The highest BCUT2D eigenvalue weighted by Gasteiger charge is 2.40. The van der Waals surface area contributed by atoms with Crippen LogP contribution in [0, 0.1) is 0 Å². The number of rotatable bonds is 8. The molecule has 0 radical (unpaired) electrons. The van der Waals surface area contributed by atoms with Gasteiger partial charge >= 0.3 is 5.97 Å². The van der Waals surface area contributed by atoms with Crippen molar-refractivity contribution in [2.75, 3.05) is 0 Å². The number of ether oxygens (including phenoxy) is 1. The third kappa shape index (κ3) is 8.58. The van der Waals surface area contributed by atoms with Gasteiger partial charge in [0.25, 0.3) is 0 Å². The van der Waals surface area contributed by atoms with Gasteiger partial charge in [-0.1, -0.05) is 51.1 Å². The highest BCUT2D eigenvalue weighted by atomic mass is 28.4. The van der Waals surface area contributed by atoms with E-state index < -0.39 is 13.9 Å². The second-order valence-corrected chi connectivity index (χ2v) is 14.6. The molecular weight excluding hydrogens is 354 g/mol. The van der Waals surface area contributed by atoms with Crippen molar-refractivity contribution in [3.05, 3.63) is 35.9 Å². The number of esters is 1. The summed E-state index contributed by atoms with van der Waals surface area (Å²) in [5.41, 5.74) is 0.705. The molecule has 0 saturated heterocycles. The van der Waals surface area contributed by atoms with Gasteiger partial charge in [-0.05, 0) is 51.4 Å². The molecule has 0 heterocycles. The predicted octanol–water partition coefficient (Wildman–Crippen LogP) is 5.29. The van der Waals surface area contributed by atoms with Gasteiger partial charge in [-0.2, -0.15) is 0 Å². The average Bonchev–Trinajstić information content (AvgIpc) is 2.49. The second-order valence-electron chi connectivity index (χ2n) is 9.85. The van der Waals surface area contributed by atoms with Crippen molar-refractivity contribution in [2.45, 2.75) is 97.3 Å². The summed E-state index contributed by atoms with van der Waals surface area (Å²) in [4.78, 5) is 12.4. The first kappa shape index (κ1) is 23.9. The molecule has 5 heteroatoms. The molecule has 0 unspecified atom stereocenters. The average molecular weight is 394 g/mol. The van der Waals surface area contributed by atoms with Crippen LogP contribution >= 0.6 is 0 Å². The van der Waals surface area contributed by atoms with Gasteiger partial charge in [-0.25, -0.2) is 0 Å². The van der Waals surface area contributed by atoms with E-state index in [1.807, 2.05) is 39.0 Å². The van der Waals surface area contributed by atoms with Gasteiger partial charge in [0.1, 0.15) is 5.60 Å². The van der Waals surface area contributed by atoms with E-state index in [1.54, 1.807) is 0 Å². The van der Waals surface area contributed by atoms with E-state index in [4.69, 9.17) is 9.16 Å². The summed E-state index contributed by atoms with van der Waals surface area (Å²) in [6.45, 7) is 19.6. The third-order valence-electron chi connectivity index (χ3n) is 5.07. The van der Waals surface area contributed by atoms with Crippen molar-refractivity contribution in [3.8, 4) is 0 Å². The topological polar surface area (TPSA) is 47.6 Å². The molecule has 0 aliphatic carbocycles. The summed E-state index contributed by atoms with van der Waals surface area (Å²) < 4.78 is 12.1. The third-order valence-corrected chi connectivity index (χ3v) is 9.64. The van der Waals surface area contributed by atoms with Crippen molar-refractivity contribution in [2.24, 2.45) is 0 Å². The van der Waals surface area contributed by atoms with Crippen molar-refractivity contribution in [3.63, 3.8) is 0 Å². The molecule has 2 atom stereocenters. The molecule has 4 nitrogen and oxygen atoms in total. The monoisotopic (exact) mass is 393 g/mol. The van der Waals surface area contributed by atoms with Gasteiger partial charge in [-0.3, -0.25) is 4.79 Å². The van der Waals surface area contributed by atoms with Crippen molar-refractivity contribution in [1.82, 2.24) is 5.32 Å². The Balaban J connectivity index is 2.86. The minimum absolute atomic E-state index is 0.0814. The predicted molar refractivity (Wildman–Crippen MR) is 115 cm³/mol. The molecule has 27 heavy (non-hydrogen) atoms. The maximum absolute atomic E-state index is 12.4. The second kappa shape index (κ2) is 9.35. The summed E-state index contributed by atoms with van der Waals surface area (Å²) in [6.07, 6.45) is 0.210. The molecule has 1 aromatic rings. The van der Waals surface area contributed by atoms with E-state index in [0.717, 1.165) is 0 Å². The van der Waals surface area contributed by atoms with Crippen LogP contribution in [0.2, 0.25) is 18.1 Å². The Labute approximate surface area is 167 Å². The van der Waals surface area contributed by atoms with Crippen molar-refractivity contribution < 1.29 is 14.0 Å². The standard InChI is InChI=1S/C22H39NO3Si/c1-17(26-27(8,9)22(5,6)7)19(15-20(24)25-21(2,3)4)23-16-18-13-11-10-12-14-18/h10-14,17,19,23H,15-16H2,1-9H3/t17-,19+/m0/s1. The minimum Gasteiger partial charge on any atom is -0.460 e. The Bertz CT molecular complexity index is 588. The lowest BCUT2D eigenvalue weighted by Gasteiger charge is -2.40. The zero-order valence-corrected chi connectivity index (χ0v) is 19.7. The van der Waals surface area contributed by atoms with Crippen LogP contribution in [0.4, 0.5) is 0 Å². The van der Waals surface area contributed by atoms with Crippen molar-refractivity contribution in [1.29, 1.82) is 0 Å². The van der Waals surface area contributed by atoms with Crippen LogP contribution in [0.1, 0.15) is 60.5 Å². The maximum Gasteiger partial charge on any atom is 0.307 e. The molecule has 154 valence electrons. The summed E-state index contributed by atoms with van der Waals surface area (Å²) in [7, 11) is -1.93. The fourth-order valence-electron chi connectivity index (χ4n) is 2.54. The molecule has 0 saturated carbocycles. The van der Waals surface area contributed by atoms with Gasteiger partial charge in [0.05, 0.1) is 12.5 Å². The first-order valence-electron chi connectivity index (χ1n) is 9.88. The summed E-state index contributed by atoms with van der Waals surface area (Å²) in [5, 5.41) is 3.65. The van der Waals surface area contributed by atoms with Gasteiger partial charge in [0.2, 0.25) is 0 Å². The Hall–Kier alpha value is -1.17. The molecule has 1 rings (SSSR count). The van der Waals surface area contributed by atoms with Crippen LogP contribution in [-0.2, 0) is 20.5 Å². The minimum atomic E-state index is -1.93. The van der Waals surface area contributed by atoms with Crippen LogP contribution in [0.25, 0.3) is 0 Å². The highest BCUT2D eigenvalue weighted by molar-refractivity contribution is 6.74. The largest absolute Gasteiger partial charge is 0.460 e. The van der Waals surface area contributed by atoms with Crippen LogP contribution in [-0.4, -0.2) is 32.0 Å². The molecule has 1 N–H and O–H groups in total. The normalized spacial score (nSPS) is 15.3. The van der Waals surface area contributed by atoms with E-state index in [2.05, 4.69) is 58.2 Å². The maximum atomic E-state index is 12.4. The van der Waals surface area contributed by atoms with E-state index >= 15 is 0 Å². The van der Waals surface area contributed by atoms with Crippen molar-refractivity contribution >= 4 is 14.3 Å². The van der Waals surface area contributed by atoms with Crippen LogP contribution in [0.15, 0.2) is 30.3 Å². The Morgan fingerprint density at radius 2 is 1.63 bits per heavy atom. The zero-order chi connectivity index (χ0) is 20.9. The van der Waals surface area contributed by atoms with Crippen LogP contribution < -0.4 is 5.32 Å². The molecule has 1 aromatic carbocycles. The zero-order valence-electron chi connectivity index (χ0n) is 18.7. The van der Waals surface area contributed by atoms with E-state index in [1.165, 1.54) is 5.56 Å². The number of hydrogen-bond acceptors (Lipinski definition) is 4. The first-order valence-corrected chi connectivity index (χ1v) is 12.8. The summed E-state index contributed by atoms with van der Waals surface area (Å²) >= 11 is 0. The van der Waals surface area contributed by atoms with Crippen LogP contribution in [0.5, 0.6) is 0 Å². The highest BCUT2D eigenvalue weighted by Crippen LogP contribution is 2.37. The van der Waals surface area contributed by atoms with Gasteiger partial charge in [-0.15, -0.1) is 0 Å². The van der Waals surface area contributed by atoms with E-state index in [9.17, 15) is 4.79 Å². The molecule has 0 aliphatic rings. The molecule has 0 fully saturated rings. The molecule has 0 amide bonds. The molecule has 0 spiro atoms. The summed E-state index contributed by atoms with van der Waals surface area (Å²) in [5.74, 6) is -0.196. The quantitative estimate of drug-likeness (QED) is 0.482. The molecule has 0 aliphatic heterocycles. The number of hydrogen-bond donors (Lipinski definition) is 1. The van der Waals surface area contributed by atoms with Gasteiger partial charge in [0.15, 0.2) is 8.32 Å². The lowest BCUT2D eigenvalue weighted by molar-refractivity contribution is -0.156. The van der Waals surface area contributed by atoms with Gasteiger partial charge < -0.3 is 14.5 Å². The number of carbonyl (C=O) groups is 1. The SMILES string of the molecule is C[C@H](O[Si](C)(C)C(C)(C)C)[C@@H](CC(=O)OC(C)(C)C)NCc1ccccc1. The molecule has 0 bridgehead atoms. The Kier molecular flexibility index (Phi) is 8.26. The van der Waals surface area contributed by atoms with E-state index in [0.29, 0.717) is 13.0 Å². The fourth-order valence-corrected chi connectivity index (χ4v) is 3.98. The first-order chi connectivity index (χ1) is 12.2. The summed E-state index contributed by atoms with van der Waals surface area (Å²) in [6, 6.07) is 10.1. The van der Waals surface area contributed by atoms with E-state index in [-0.39, 0.29) is 23.2 Å². The molecule has 0 aromatic heterocycles. The lowest BCUT2D eigenvalue weighted by atomic mass is 10.1. The Morgan fingerprint density at radius 1 is 1.07 bits per heavy atom. The van der Waals surface area contributed by atoms with Crippen LogP contribution in [0.3, 0.4) is 0 Å². The Morgan fingerprint density at radius 3 is 2.11 bits per heavy atom.